The molecule has 4 aromatic rings. The van der Waals surface area contributed by atoms with Crippen molar-refractivity contribution in [2.24, 2.45) is 5.92 Å². The minimum absolute atomic E-state index is 0.0574. The van der Waals surface area contributed by atoms with Crippen LogP contribution in [0.4, 0.5) is 24.8 Å². The number of rotatable bonds is 4. The first-order valence-corrected chi connectivity index (χ1v) is 12.7. The molecule has 13 heteroatoms. The van der Waals surface area contributed by atoms with Crippen molar-refractivity contribution in [3.63, 3.8) is 0 Å². The average Bonchev–Trinajstić information content (AvgIpc) is 3.47. The third-order valence-electron chi connectivity index (χ3n) is 7.76. The molecule has 0 radical (unpaired) electrons. The SMILES string of the molecule is CC1(c2cc(=O)c(C(F)(F)F)c[nH]2)C(=O)Nc2nc(-c3cn4ccnc4c(CC4CCCCC4)n3)nc(N)c21. The fourth-order valence-corrected chi connectivity index (χ4v) is 5.67. The zero-order chi connectivity index (χ0) is 27.5. The van der Waals surface area contributed by atoms with Crippen molar-refractivity contribution < 1.29 is 18.0 Å². The monoisotopic (exact) mass is 538 g/mol. The second-order valence-corrected chi connectivity index (χ2v) is 10.3. The fraction of sp³-hybridized carbons (Fsp3) is 0.385. The summed E-state index contributed by atoms with van der Waals surface area (Å²) in [6.45, 7) is 1.45. The van der Waals surface area contributed by atoms with E-state index in [2.05, 4.69) is 25.3 Å². The Hall–Kier alpha value is -4.29. The van der Waals surface area contributed by atoms with E-state index in [1.165, 1.54) is 26.2 Å². The van der Waals surface area contributed by atoms with Crippen LogP contribution in [-0.2, 0) is 22.8 Å². The molecule has 202 valence electrons. The number of hydrogen-bond donors (Lipinski definition) is 3. The maximum atomic E-state index is 13.2. The summed E-state index contributed by atoms with van der Waals surface area (Å²) in [6, 6.07) is 0.761. The molecule has 0 saturated heterocycles. The van der Waals surface area contributed by atoms with E-state index in [-0.39, 0.29) is 28.7 Å². The first kappa shape index (κ1) is 25.0. The largest absolute Gasteiger partial charge is 0.421 e. The molecular weight excluding hydrogens is 513 g/mol. The minimum Gasteiger partial charge on any atom is -0.383 e. The van der Waals surface area contributed by atoms with Gasteiger partial charge in [-0.05, 0) is 19.3 Å². The van der Waals surface area contributed by atoms with Crippen LogP contribution in [0.25, 0.3) is 17.2 Å². The Labute approximate surface area is 219 Å². The first-order chi connectivity index (χ1) is 18.6. The molecule has 5 heterocycles. The lowest BCUT2D eigenvalue weighted by molar-refractivity contribution is -0.138. The summed E-state index contributed by atoms with van der Waals surface area (Å²) in [6.07, 6.45) is 7.63. The highest BCUT2D eigenvalue weighted by molar-refractivity contribution is 6.08. The predicted octanol–water partition coefficient (Wildman–Crippen LogP) is 3.86. The smallest absolute Gasteiger partial charge is 0.383 e. The molecular formula is C26H25F3N8O2. The maximum Gasteiger partial charge on any atom is 0.421 e. The van der Waals surface area contributed by atoms with Gasteiger partial charge in [-0.15, -0.1) is 0 Å². The number of pyridine rings is 1. The van der Waals surface area contributed by atoms with Crippen LogP contribution in [-0.4, -0.2) is 35.2 Å². The quantitative estimate of drug-likeness (QED) is 0.358. The molecule has 4 N–H and O–H groups in total. The topological polar surface area (TPSA) is 144 Å². The molecule has 1 unspecified atom stereocenters. The number of amides is 1. The molecule has 1 atom stereocenters. The number of nitrogens with two attached hydrogens (primary N) is 1. The molecule has 1 amide bonds. The highest BCUT2D eigenvalue weighted by Gasteiger charge is 2.49. The van der Waals surface area contributed by atoms with Crippen molar-refractivity contribution in [1.29, 1.82) is 0 Å². The highest BCUT2D eigenvalue weighted by Crippen LogP contribution is 2.44. The van der Waals surface area contributed by atoms with E-state index in [1.54, 1.807) is 18.6 Å². The van der Waals surface area contributed by atoms with Gasteiger partial charge in [0.15, 0.2) is 16.9 Å². The Morgan fingerprint density at radius 1 is 1.15 bits per heavy atom. The van der Waals surface area contributed by atoms with Gasteiger partial charge >= 0.3 is 6.18 Å². The van der Waals surface area contributed by atoms with Gasteiger partial charge < -0.3 is 20.4 Å². The van der Waals surface area contributed by atoms with Crippen molar-refractivity contribution >= 4 is 23.2 Å². The minimum atomic E-state index is -4.83. The molecule has 1 fully saturated rings. The first-order valence-electron chi connectivity index (χ1n) is 12.7. The molecule has 1 aliphatic carbocycles. The molecule has 10 nitrogen and oxygen atoms in total. The number of anilines is 2. The lowest BCUT2D eigenvalue weighted by atomic mass is 9.80. The van der Waals surface area contributed by atoms with E-state index in [4.69, 9.17) is 10.7 Å². The standard InChI is InChI=1S/C26H25F3N8O2/c1-25(18-10-17(38)14(11-32-18)26(27,28)29)19-20(30)34-21(35-22(19)36-24(25)39)16-12-37-8-7-31-23(37)15(33-16)9-13-5-3-2-4-6-13/h7-8,10-13H,2-6,9H2,1H3,(H,32,38)(H3,30,34,35,36,39). The van der Waals surface area contributed by atoms with Crippen LogP contribution < -0.4 is 16.5 Å². The molecule has 0 bridgehead atoms. The number of alkyl halides is 3. The van der Waals surface area contributed by atoms with Gasteiger partial charge in [0.25, 0.3) is 0 Å². The predicted molar refractivity (Wildman–Crippen MR) is 136 cm³/mol. The second kappa shape index (κ2) is 8.89. The number of nitrogens with zero attached hydrogens (tertiary/aromatic N) is 5. The van der Waals surface area contributed by atoms with Gasteiger partial charge in [0, 0.05) is 36.5 Å². The number of hydrogen-bond acceptors (Lipinski definition) is 7. The van der Waals surface area contributed by atoms with Gasteiger partial charge in [-0.2, -0.15) is 13.2 Å². The van der Waals surface area contributed by atoms with Crippen LogP contribution in [0.3, 0.4) is 0 Å². The van der Waals surface area contributed by atoms with Gasteiger partial charge in [0.1, 0.15) is 28.3 Å². The zero-order valence-corrected chi connectivity index (χ0v) is 21.0. The van der Waals surface area contributed by atoms with E-state index in [0.717, 1.165) is 36.7 Å². The van der Waals surface area contributed by atoms with E-state index >= 15 is 0 Å². The number of nitrogens with one attached hydrogen (secondary N) is 2. The van der Waals surface area contributed by atoms with Crippen molar-refractivity contribution in [3.05, 3.63) is 63.6 Å². The number of nitrogen functional groups attached to an aromatic ring is 1. The third-order valence-corrected chi connectivity index (χ3v) is 7.76. The molecule has 4 aromatic heterocycles. The summed E-state index contributed by atoms with van der Waals surface area (Å²) in [7, 11) is 0. The number of imidazole rings is 1. The number of aromatic amines is 1. The van der Waals surface area contributed by atoms with E-state index in [9.17, 15) is 22.8 Å². The van der Waals surface area contributed by atoms with Crippen LogP contribution >= 0.6 is 0 Å². The highest BCUT2D eigenvalue weighted by atomic mass is 19.4. The summed E-state index contributed by atoms with van der Waals surface area (Å²) < 4.78 is 41.2. The Balaban J connectivity index is 1.42. The number of halogens is 3. The fourth-order valence-electron chi connectivity index (χ4n) is 5.67. The van der Waals surface area contributed by atoms with E-state index in [0.29, 0.717) is 17.8 Å². The summed E-state index contributed by atoms with van der Waals surface area (Å²) in [5.41, 5.74) is 4.21. The van der Waals surface area contributed by atoms with Crippen LogP contribution in [0.15, 0.2) is 35.6 Å². The lowest BCUT2D eigenvalue weighted by Gasteiger charge is -2.23. The molecule has 39 heavy (non-hydrogen) atoms. The van der Waals surface area contributed by atoms with Crippen molar-refractivity contribution in [1.82, 2.24) is 29.3 Å². The zero-order valence-electron chi connectivity index (χ0n) is 21.0. The lowest BCUT2D eigenvalue weighted by Crippen LogP contribution is -2.35. The number of carbonyl (C=O) groups is 1. The summed E-state index contributed by atoms with van der Waals surface area (Å²) in [5.74, 6) is 0.128. The molecule has 0 aromatic carbocycles. The number of H-pyrrole nitrogens is 1. The van der Waals surface area contributed by atoms with Gasteiger partial charge in [-0.25, -0.2) is 19.9 Å². The van der Waals surface area contributed by atoms with Gasteiger partial charge in [0.05, 0.1) is 11.3 Å². The Morgan fingerprint density at radius 2 is 1.92 bits per heavy atom. The third kappa shape index (κ3) is 4.12. The molecule has 6 rings (SSSR count). The second-order valence-electron chi connectivity index (χ2n) is 10.3. The Kier molecular flexibility index (Phi) is 5.70. The van der Waals surface area contributed by atoms with E-state index in [1.807, 2.05) is 4.40 Å². The van der Waals surface area contributed by atoms with Crippen molar-refractivity contribution in [2.75, 3.05) is 11.1 Å². The van der Waals surface area contributed by atoms with Gasteiger partial charge in [-0.1, -0.05) is 32.1 Å². The molecule has 0 spiro atoms. The van der Waals surface area contributed by atoms with Crippen LogP contribution in [0.2, 0.25) is 0 Å². The summed E-state index contributed by atoms with van der Waals surface area (Å²) in [5, 5.41) is 2.65. The van der Waals surface area contributed by atoms with Gasteiger partial charge in [0.2, 0.25) is 5.91 Å². The molecule has 1 aliphatic heterocycles. The Morgan fingerprint density at radius 3 is 2.64 bits per heavy atom. The summed E-state index contributed by atoms with van der Waals surface area (Å²) in [4.78, 5) is 46.1. The van der Waals surface area contributed by atoms with Crippen molar-refractivity contribution in [3.8, 4) is 11.5 Å². The van der Waals surface area contributed by atoms with Crippen molar-refractivity contribution in [2.45, 2.75) is 57.0 Å². The number of fused-ring (bicyclic) bond motifs is 2. The Bertz CT molecular complexity index is 1670. The molecule has 1 saturated carbocycles. The van der Waals surface area contributed by atoms with Crippen LogP contribution in [0.5, 0.6) is 0 Å². The van der Waals surface area contributed by atoms with Crippen LogP contribution in [0.1, 0.15) is 61.5 Å². The maximum absolute atomic E-state index is 13.2. The van der Waals surface area contributed by atoms with E-state index < -0.39 is 28.5 Å². The molecule has 2 aliphatic rings. The van der Waals surface area contributed by atoms with Gasteiger partial charge in [-0.3, -0.25) is 9.59 Å². The average molecular weight is 539 g/mol. The summed E-state index contributed by atoms with van der Waals surface area (Å²) >= 11 is 0. The number of aromatic nitrogens is 6. The normalized spacial score (nSPS) is 19.8. The van der Waals surface area contributed by atoms with Crippen LogP contribution in [0, 0.1) is 5.92 Å². The number of carbonyl (C=O) groups excluding carboxylic acids is 1.